The van der Waals surface area contributed by atoms with Gasteiger partial charge in [-0.3, -0.25) is 4.98 Å². The number of benzene rings is 1. The summed E-state index contributed by atoms with van der Waals surface area (Å²) in [5.41, 5.74) is 2.48. The lowest BCUT2D eigenvalue weighted by molar-refractivity contribution is 0.0260. The van der Waals surface area contributed by atoms with Crippen molar-refractivity contribution in [3.05, 3.63) is 35.5 Å². The fourth-order valence-corrected chi connectivity index (χ4v) is 2.45. The van der Waals surface area contributed by atoms with E-state index in [9.17, 15) is 5.26 Å². The number of aromatic nitrogens is 1. The number of hydrogen-bond donors (Lipinski definition) is 0. The van der Waals surface area contributed by atoms with Crippen molar-refractivity contribution in [2.45, 2.75) is 25.9 Å². The molecule has 0 atom stereocenters. The number of pyridine rings is 1. The Bertz CT molecular complexity index is 670. The molecule has 0 saturated carbocycles. The van der Waals surface area contributed by atoms with Gasteiger partial charge in [0.1, 0.15) is 23.5 Å². The van der Waals surface area contributed by atoms with Crippen LogP contribution in [0.5, 0.6) is 5.75 Å². The molecule has 1 aromatic heterocycles. The summed E-state index contributed by atoms with van der Waals surface area (Å²) in [6.45, 7) is 3.46. The summed E-state index contributed by atoms with van der Waals surface area (Å²) in [6, 6.07) is 8.18. The van der Waals surface area contributed by atoms with Crippen LogP contribution in [0.4, 0.5) is 0 Å². The zero-order valence-electron chi connectivity index (χ0n) is 11.4. The highest BCUT2D eigenvalue weighted by molar-refractivity contribution is 5.87. The molecule has 0 bridgehead atoms. The zero-order chi connectivity index (χ0) is 13.9. The van der Waals surface area contributed by atoms with Crippen molar-refractivity contribution in [3.63, 3.8) is 0 Å². The molecule has 0 aliphatic carbocycles. The Hall–Kier alpha value is -2.12. The highest BCUT2D eigenvalue weighted by Gasteiger charge is 2.19. The van der Waals surface area contributed by atoms with Gasteiger partial charge in [-0.1, -0.05) is 11.6 Å². The van der Waals surface area contributed by atoms with Crippen molar-refractivity contribution in [2.24, 2.45) is 0 Å². The molecular formula is C16H16N2O2. The normalized spacial score (nSPS) is 16.0. The summed E-state index contributed by atoms with van der Waals surface area (Å²) >= 11 is 0. The molecule has 0 N–H and O–H groups in total. The first-order chi connectivity index (χ1) is 9.78. The van der Waals surface area contributed by atoms with Crippen LogP contribution in [0.3, 0.4) is 0 Å². The Kier molecular flexibility index (Phi) is 3.53. The van der Waals surface area contributed by atoms with E-state index in [2.05, 4.69) is 11.1 Å². The van der Waals surface area contributed by atoms with Gasteiger partial charge in [0.25, 0.3) is 0 Å². The third-order valence-electron chi connectivity index (χ3n) is 3.55. The monoisotopic (exact) mass is 268 g/mol. The van der Waals surface area contributed by atoms with Gasteiger partial charge in [-0.25, -0.2) is 0 Å². The molecule has 1 aromatic carbocycles. The highest BCUT2D eigenvalue weighted by atomic mass is 16.5. The third-order valence-corrected chi connectivity index (χ3v) is 3.55. The molecule has 0 spiro atoms. The summed E-state index contributed by atoms with van der Waals surface area (Å²) in [7, 11) is 0. The maximum Gasteiger partial charge on any atom is 0.148 e. The molecule has 2 aromatic rings. The van der Waals surface area contributed by atoms with Gasteiger partial charge in [0.2, 0.25) is 0 Å². The first-order valence-electron chi connectivity index (χ1n) is 6.82. The summed E-state index contributed by atoms with van der Waals surface area (Å²) in [6.07, 6.45) is 3.43. The van der Waals surface area contributed by atoms with Crippen LogP contribution in [-0.4, -0.2) is 24.3 Å². The number of hydrogen-bond acceptors (Lipinski definition) is 4. The van der Waals surface area contributed by atoms with Crippen molar-refractivity contribution >= 4 is 10.9 Å². The number of rotatable bonds is 2. The number of aryl methyl sites for hydroxylation is 1. The molecule has 0 radical (unpaired) electrons. The Balaban J connectivity index is 2.05. The van der Waals surface area contributed by atoms with Crippen LogP contribution in [0.25, 0.3) is 10.9 Å². The van der Waals surface area contributed by atoms with Gasteiger partial charge in [-0.2, -0.15) is 5.26 Å². The van der Waals surface area contributed by atoms with E-state index in [-0.39, 0.29) is 6.10 Å². The summed E-state index contributed by atoms with van der Waals surface area (Å²) < 4.78 is 11.4. The van der Waals surface area contributed by atoms with E-state index >= 15 is 0 Å². The largest absolute Gasteiger partial charge is 0.488 e. The lowest BCUT2D eigenvalue weighted by atomic mass is 10.1. The molecule has 20 heavy (non-hydrogen) atoms. The Morgan fingerprint density at radius 1 is 1.35 bits per heavy atom. The predicted octanol–water partition coefficient (Wildman–Crippen LogP) is 2.97. The molecule has 102 valence electrons. The smallest absolute Gasteiger partial charge is 0.148 e. The van der Waals surface area contributed by atoms with Gasteiger partial charge >= 0.3 is 0 Å². The van der Waals surface area contributed by atoms with E-state index in [1.54, 1.807) is 6.20 Å². The molecule has 1 saturated heterocycles. The zero-order valence-corrected chi connectivity index (χ0v) is 11.4. The van der Waals surface area contributed by atoms with Crippen LogP contribution in [-0.2, 0) is 4.74 Å². The Morgan fingerprint density at radius 2 is 2.15 bits per heavy atom. The van der Waals surface area contributed by atoms with Crippen LogP contribution in [0.2, 0.25) is 0 Å². The van der Waals surface area contributed by atoms with E-state index in [1.807, 2.05) is 25.1 Å². The first-order valence-corrected chi connectivity index (χ1v) is 6.82. The topological polar surface area (TPSA) is 55.1 Å². The Morgan fingerprint density at radius 3 is 2.90 bits per heavy atom. The SMILES string of the molecule is Cc1ccc2ncc(C#N)c(OC3CCOCC3)c2c1. The molecule has 1 aliphatic rings. The van der Waals surface area contributed by atoms with Gasteiger partial charge < -0.3 is 9.47 Å². The van der Waals surface area contributed by atoms with Crippen LogP contribution < -0.4 is 4.74 Å². The minimum absolute atomic E-state index is 0.113. The summed E-state index contributed by atoms with van der Waals surface area (Å²) in [5, 5.41) is 10.2. The third kappa shape index (κ3) is 2.45. The van der Waals surface area contributed by atoms with E-state index in [0.717, 1.165) is 29.3 Å². The standard InChI is InChI=1S/C16H16N2O2/c1-11-2-3-15-14(8-11)16(12(9-17)10-18-15)20-13-4-6-19-7-5-13/h2-3,8,10,13H,4-7H2,1H3. The van der Waals surface area contributed by atoms with Gasteiger partial charge in [-0.05, 0) is 19.1 Å². The summed E-state index contributed by atoms with van der Waals surface area (Å²) in [4.78, 5) is 4.32. The van der Waals surface area contributed by atoms with Gasteiger partial charge in [0.05, 0.1) is 18.7 Å². The fourth-order valence-electron chi connectivity index (χ4n) is 2.45. The summed E-state index contributed by atoms with van der Waals surface area (Å²) in [5.74, 6) is 0.660. The molecule has 4 nitrogen and oxygen atoms in total. The van der Waals surface area contributed by atoms with E-state index < -0.39 is 0 Å². The lowest BCUT2D eigenvalue weighted by Crippen LogP contribution is -2.26. The maximum absolute atomic E-state index is 9.28. The van der Waals surface area contributed by atoms with Crippen molar-refractivity contribution in [1.82, 2.24) is 4.98 Å². The quantitative estimate of drug-likeness (QED) is 0.840. The van der Waals surface area contributed by atoms with Crippen LogP contribution in [0, 0.1) is 18.3 Å². The van der Waals surface area contributed by atoms with Crippen molar-refractivity contribution < 1.29 is 9.47 Å². The minimum atomic E-state index is 0.113. The Labute approximate surface area is 118 Å². The average Bonchev–Trinajstić information content (AvgIpc) is 2.49. The highest BCUT2D eigenvalue weighted by Crippen LogP contribution is 2.31. The van der Waals surface area contributed by atoms with E-state index in [4.69, 9.17) is 9.47 Å². The molecule has 0 amide bonds. The van der Waals surface area contributed by atoms with Crippen LogP contribution in [0.1, 0.15) is 24.0 Å². The van der Waals surface area contributed by atoms with Gasteiger partial charge in [0, 0.05) is 24.4 Å². The molecular weight excluding hydrogens is 252 g/mol. The molecule has 0 unspecified atom stereocenters. The number of nitriles is 1. The second kappa shape index (κ2) is 5.48. The van der Waals surface area contributed by atoms with Crippen molar-refractivity contribution in [3.8, 4) is 11.8 Å². The molecule has 2 heterocycles. The van der Waals surface area contributed by atoms with Crippen LogP contribution in [0.15, 0.2) is 24.4 Å². The van der Waals surface area contributed by atoms with E-state index in [0.29, 0.717) is 24.5 Å². The molecule has 1 aliphatic heterocycles. The number of nitrogens with zero attached hydrogens (tertiary/aromatic N) is 2. The molecule has 3 rings (SSSR count). The predicted molar refractivity (Wildman–Crippen MR) is 75.7 cm³/mol. The maximum atomic E-state index is 9.28. The fraction of sp³-hybridized carbons (Fsp3) is 0.375. The second-order valence-electron chi connectivity index (χ2n) is 5.06. The lowest BCUT2D eigenvalue weighted by Gasteiger charge is -2.24. The van der Waals surface area contributed by atoms with Crippen molar-refractivity contribution in [1.29, 1.82) is 5.26 Å². The average molecular weight is 268 g/mol. The first kappa shape index (κ1) is 12.9. The second-order valence-corrected chi connectivity index (χ2v) is 5.06. The number of fused-ring (bicyclic) bond motifs is 1. The molecule has 1 fully saturated rings. The van der Waals surface area contributed by atoms with Gasteiger partial charge in [-0.15, -0.1) is 0 Å². The molecule has 4 heteroatoms. The van der Waals surface area contributed by atoms with Crippen molar-refractivity contribution in [2.75, 3.05) is 13.2 Å². The van der Waals surface area contributed by atoms with E-state index in [1.165, 1.54) is 0 Å². The minimum Gasteiger partial charge on any atom is -0.488 e. The number of ether oxygens (including phenoxy) is 2. The van der Waals surface area contributed by atoms with Gasteiger partial charge in [0.15, 0.2) is 0 Å². The van der Waals surface area contributed by atoms with Crippen LogP contribution >= 0.6 is 0 Å².